The van der Waals surface area contributed by atoms with Gasteiger partial charge in [-0.3, -0.25) is 9.78 Å². The lowest BCUT2D eigenvalue weighted by atomic mass is 10.2. The van der Waals surface area contributed by atoms with Crippen LogP contribution >= 0.6 is 0 Å². The number of aliphatic hydroxyl groups is 1. The summed E-state index contributed by atoms with van der Waals surface area (Å²) in [7, 11) is 1.87. The Morgan fingerprint density at radius 1 is 1.35 bits per heavy atom. The first kappa shape index (κ1) is 16.6. The van der Waals surface area contributed by atoms with E-state index in [0.717, 1.165) is 11.9 Å². The monoisotopic (exact) mass is 315 g/mol. The van der Waals surface area contributed by atoms with Crippen LogP contribution in [-0.2, 0) is 4.79 Å². The van der Waals surface area contributed by atoms with Gasteiger partial charge < -0.3 is 15.3 Å². The van der Waals surface area contributed by atoms with Gasteiger partial charge in [0.1, 0.15) is 5.82 Å². The molecule has 1 aromatic carbocycles. The Bertz CT molecular complexity index is 686. The van der Waals surface area contributed by atoms with Crippen LogP contribution in [0.2, 0.25) is 0 Å². The molecule has 0 aliphatic heterocycles. The van der Waals surface area contributed by atoms with Gasteiger partial charge in [0.05, 0.1) is 12.8 Å². The van der Waals surface area contributed by atoms with E-state index in [0.29, 0.717) is 17.8 Å². The van der Waals surface area contributed by atoms with Crippen LogP contribution in [0.4, 0.5) is 15.8 Å². The molecule has 0 aliphatic carbocycles. The van der Waals surface area contributed by atoms with Gasteiger partial charge in [0.2, 0.25) is 5.91 Å². The maximum Gasteiger partial charge on any atom is 0.248 e. The number of nitrogens with one attached hydrogen (secondary N) is 1. The minimum atomic E-state index is -0.449. The summed E-state index contributed by atoms with van der Waals surface area (Å²) in [4.78, 5) is 17.4. The van der Waals surface area contributed by atoms with Gasteiger partial charge in [-0.15, -0.1) is 0 Å². The molecule has 2 N–H and O–H groups in total. The molecule has 0 saturated carbocycles. The number of carbonyl (C=O) groups is 1. The highest BCUT2D eigenvalue weighted by molar-refractivity contribution is 6.01. The molecule has 120 valence electrons. The third kappa shape index (κ3) is 5.19. The molecule has 0 saturated heterocycles. The minimum absolute atomic E-state index is 0.0781. The molecule has 1 amide bonds. The molecule has 23 heavy (non-hydrogen) atoms. The number of hydrogen-bond acceptors (Lipinski definition) is 4. The van der Waals surface area contributed by atoms with Crippen molar-refractivity contribution in [3.05, 3.63) is 60.2 Å². The first-order valence-corrected chi connectivity index (χ1v) is 7.10. The molecule has 0 fully saturated rings. The zero-order valence-corrected chi connectivity index (χ0v) is 12.7. The zero-order chi connectivity index (χ0) is 16.7. The minimum Gasteiger partial charge on any atom is -0.395 e. The van der Waals surface area contributed by atoms with Crippen LogP contribution in [0.25, 0.3) is 6.08 Å². The fourth-order valence-corrected chi connectivity index (χ4v) is 1.95. The highest BCUT2D eigenvalue weighted by atomic mass is 19.1. The second-order valence-electron chi connectivity index (χ2n) is 4.95. The van der Waals surface area contributed by atoms with Crippen molar-refractivity contribution in [3.8, 4) is 0 Å². The summed E-state index contributed by atoms with van der Waals surface area (Å²) in [5.74, 6) is -0.763. The quantitative estimate of drug-likeness (QED) is 0.803. The molecular formula is C17H18FN3O2. The molecular weight excluding hydrogens is 297 g/mol. The van der Waals surface area contributed by atoms with Gasteiger partial charge in [0.25, 0.3) is 0 Å². The van der Waals surface area contributed by atoms with E-state index in [1.807, 2.05) is 24.1 Å². The van der Waals surface area contributed by atoms with Crippen molar-refractivity contribution in [2.75, 3.05) is 30.4 Å². The lowest BCUT2D eigenvalue weighted by Gasteiger charge is -2.18. The number of pyridine rings is 1. The number of amides is 1. The summed E-state index contributed by atoms with van der Waals surface area (Å²) < 4.78 is 13.0. The summed E-state index contributed by atoms with van der Waals surface area (Å²) in [6.07, 6.45) is 5.39. The smallest absolute Gasteiger partial charge is 0.248 e. The van der Waals surface area contributed by atoms with Gasteiger partial charge in [-0.1, -0.05) is 0 Å². The second kappa shape index (κ2) is 8.05. The van der Waals surface area contributed by atoms with Crippen LogP contribution in [-0.4, -0.2) is 36.2 Å². The predicted molar refractivity (Wildman–Crippen MR) is 88.7 cm³/mol. The Balaban J connectivity index is 1.95. The maximum absolute atomic E-state index is 13.0. The Labute approximate surface area is 134 Å². The van der Waals surface area contributed by atoms with Crippen LogP contribution < -0.4 is 10.2 Å². The van der Waals surface area contributed by atoms with E-state index in [9.17, 15) is 9.18 Å². The molecule has 0 unspecified atom stereocenters. The largest absolute Gasteiger partial charge is 0.395 e. The Morgan fingerprint density at radius 3 is 2.74 bits per heavy atom. The normalized spacial score (nSPS) is 10.7. The van der Waals surface area contributed by atoms with Crippen LogP contribution in [0.15, 0.2) is 48.8 Å². The first-order valence-electron chi connectivity index (χ1n) is 7.10. The lowest BCUT2D eigenvalue weighted by molar-refractivity contribution is -0.111. The number of aromatic nitrogens is 1. The number of hydrogen-bond donors (Lipinski definition) is 2. The highest BCUT2D eigenvalue weighted by Gasteiger charge is 2.02. The van der Waals surface area contributed by atoms with Crippen molar-refractivity contribution in [1.82, 2.24) is 4.98 Å². The summed E-state index contributed by atoms with van der Waals surface area (Å²) in [5.41, 5.74) is 2.11. The molecule has 1 aromatic heterocycles. The Morgan fingerprint density at radius 2 is 2.09 bits per heavy atom. The number of likely N-dealkylation sites (N-methyl/N-ethyl adjacent to an activating group) is 1. The lowest BCUT2D eigenvalue weighted by Crippen LogP contribution is -2.20. The van der Waals surface area contributed by atoms with Crippen molar-refractivity contribution in [2.24, 2.45) is 0 Å². The molecule has 0 atom stereocenters. The number of benzene rings is 1. The van der Waals surface area contributed by atoms with Crippen molar-refractivity contribution >= 4 is 23.4 Å². The van der Waals surface area contributed by atoms with Crippen molar-refractivity contribution in [1.29, 1.82) is 0 Å². The summed E-state index contributed by atoms with van der Waals surface area (Å²) in [6.45, 7) is 0.616. The molecule has 1 heterocycles. The highest BCUT2D eigenvalue weighted by Crippen LogP contribution is 2.16. The van der Waals surface area contributed by atoms with Crippen LogP contribution in [0.3, 0.4) is 0 Å². The first-order chi connectivity index (χ1) is 11.1. The van der Waals surface area contributed by atoms with E-state index in [2.05, 4.69) is 10.3 Å². The van der Waals surface area contributed by atoms with E-state index in [-0.39, 0.29) is 12.5 Å². The van der Waals surface area contributed by atoms with Gasteiger partial charge in [-0.05, 0) is 42.0 Å². The molecule has 2 rings (SSSR count). The molecule has 0 aliphatic rings. The number of halogens is 1. The second-order valence-corrected chi connectivity index (χ2v) is 4.95. The molecule has 0 spiro atoms. The van der Waals surface area contributed by atoms with Crippen molar-refractivity contribution in [2.45, 2.75) is 0 Å². The van der Waals surface area contributed by atoms with Crippen LogP contribution in [0.5, 0.6) is 0 Å². The fraction of sp³-hybridized carbons (Fsp3) is 0.176. The average molecular weight is 315 g/mol. The van der Waals surface area contributed by atoms with E-state index in [1.165, 1.54) is 24.4 Å². The fourth-order valence-electron chi connectivity index (χ4n) is 1.95. The Hall–Kier alpha value is -2.73. The van der Waals surface area contributed by atoms with Gasteiger partial charge >= 0.3 is 0 Å². The van der Waals surface area contributed by atoms with Gasteiger partial charge in [0, 0.05) is 37.2 Å². The maximum atomic E-state index is 13.0. The third-order valence-electron chi connectivity index (χ3n) is 3.16. The van der Waals surface area contributed by atoms with Gasteiger partial charge in [-0.2, -0.15) is 0 Å². The topological polar surface area (TPSA) is 65.5 Å². The number of rotatable bonds is 6. The van der Waals surface area contributed by atoms with Crippen LogP contribution in [0, 0.1) is 5.82 Å². The Kier molecular flexibility index (Phi) is 5.82. The van der Waals surface area contributed by atoms with E-state index in [4.69, 9.17) is 5.11 Å². The predicted octanol–water partition coefficient (Wildman–Crippen LogP) is 2.30. The van der Waals surface area contributed by atoms with Crippen molar-refractivity contribution < 1.29 is 14.3 Å². The number of nitrogens with zero attached hydrogens (tertiary/aromatic N) is 2. The molecule has 0 bridgehead atoms. The van der Waals surface area contributed by atoms with Gasteiger partial charge in [-0.25, -0.2) is 4.39 Å². The van der Waals surface area contributed by atoms with E-state index < -0.39 is 5.82 Å². The number of anilines is 2. The SMILES string of the molecule is CN(CCO)c1ccc(NC(=O)/C=C/c2cncc(F)c2)cc1. The van der Waals surface area contributed by atoms with Crippen molar-refractivity contribution in [3.63, 3.8) is 0 Å². The number of aliphatic hydroxyl groups excluding tert-OH is 1. The molecule has 0 radical (unpaired) electrons. The summed E-state index contributed by atoms with van der Waals surface area (Å²) in [6, 6.07) is 8.55. The average Bonchev–Trinajstić information content (AvgIpc) is 2.54. The summed E-state index contributed by atoms with van der Waals surface area (Å²) >= 11 is 0. The zero-order valence-electron chi connectivity index (χ0n) is 12.7. The van der Waals surface area contributed by atoms with Gasteiger partial charge in [0.15, 0.2) is 0 Å². The third-order valence-corrected chi connectivity index (χ3v) is 3.16. The van der Waals surface area contributed by atoms with Crippen LogP contribution in [0.1, 0.15) is 5.56 Å². The number of carbonyl (C=O) groups excluding carboxylic acids is 1. The standard InChI is InChI=1S/C17H18FN3O2/c1-21(8-9-22)16-5-3-15(4-6-16)20-17(23)7-2-13-10-14(18)12-19-11-13/h2-7,10-12,22H,8-9H2,1H3,(H,20,23)/b7-2+. The summed E-state index contributed by atoms with van der Waals surface area (Å²) in [5, 5.41) is 11.6. The molecule has 6 heteroatoms. The molecule has 5 nitrogen and oxygen atoms in total. The van der Waals surface area contributed by atoms with E-state index in [1.54, 1.807) is 12.1 Å². The molecule has 2 aromatic rings. The van der Waals surface area contributed by atoms with E-state index >= 15 is 0 Å².